The van der Waals surface area contributed by atoms with E-state index < -0.39 is 0 Å². The molecule has 1 aromatic rings. The van der Waals surface area contributed by atoms with Crippen molar-refractivity contribution in [3.63, 3.8) is 0 Å². The zero-order chi connectivity index (χ0) is 11.5. The minimum atomic E-state index is -0.128. The molecule has 4 heteroatoms. The van der Waals surface area contributed by atoms with E-state index in [1.807, 2.05) is 12.1 Å². The van der Waals surface area contributed by atoms with E-state index in [0.29, 0.717) is 5.02 Å². The zero-order valence-electron chi connectivity index (χ0n) is 9.00. The average molecular weight is 260 g/mol. The molecule has 0 radical (unpaired) electrons. The first-order valence-electron chi connectivity index (χ1n) is 5.49. The van der Waals surface area contributed by atoms with Gasteiger partial charge in [-0.1, -0.05) is 29.3 Å². The predicted octanol–water partition coefficient (Wildman–Crippen LogP) is 2.95. The van der Waals surface area contributed by atoms with Crippen LogP contribution in [0.5, 0.6) is 0 Å². The molecule has 1 saturated heterocycles. The summed E-state index contributed by atoms with van der Waals surface area (Å²) in [7, 11) is 0. The maximum absolute atomic E-state index is 9.41. The molecule has 16 heavy (non-hydrogen) atoms. The first-order chi connectivity index (χ1) is 7.65. The van der Waals surface area contributed by atoms with E-state index in [2.05, 4.69) is 4.90 Å². The molecule has 88 valence electrons. The van der Waals surface area contributed by atoms with Gasteiger partial charge in [0.2, 0.25) is 0 Å². The fourth-order valence-electron chi connectivity index (χ4n) is 1.97. The van der Waals surface area contributed by atoms with Gasteiger partial charge in [0.15, 0.2) is 0 Å². The molecule has 0 atom stereocenters. The number of aliphatic hydroxyl groups excluding tert-OH is 1. The van der Waals surface area contributed by atoms with Gasteiger partial charge in [-0.25, -0.2) is 0 Å². The number of hydrogen-bond donors (Lipinski definition) is 1. The molecule has 0 bridgehead atoms. The van der Waals surface area contributed by atoms with Crippen LogP contribution in [0.3, 0.4) is 0 Å². The second-order valence-electron chi connectivity index (χ2n) is 4.24. The van der Waals surface area contributed by atoms with Gasteiger partial charge in [-0.2, -0.15) is 0 Å². The highest BCUT2D eigenvalue weighted by Gasteiger charge is 2.17. The molecule has 2 nitrogen and oxygen atoms in total. The summed E-state index contributed by atoms with van der Waals surface area (Å²) < 4.78 is 0. The highest BCUT2D eigenvalue weighted by atomic mass is 35.5. The Balaban J connectivity index is 1.98. The maximum atomic E-state index is 9.41. The molecule has 1 aromatic carbocycles. The molecular weight excluding hydrogens is 245 g/mol. The zero-order valence-corrected chi connectivity index (χ0v) is 10.5. The molecule has 0 aliphatic carbocycles. The molecule has 0 aromatic heterocycles. The molecule has 0 unspecified atom stereocenters. The third-order valence-corrected chi connectivity index (χ3v) is 3.55. The van der Waals surface area contributed by atoms with Gasteiger partial charge in [-0.3, -0.25) is 4.90 Å². The Morgan fingerprint density at radius 1 is 1.25 bits per heavy atom. The van der Waals surface area contributed by atoms with E-state index in [1.165, 1.54) is 0 Å². The number of hydrogen-bond acceptors (Lipinski definition) is 2. The van der Waals surface area contributed by atoms with Gasteiger partial charge in [0.05, 0.1) is 6.10 Å². The fourth-order valence-corrected chi connectivity index (χ4v) is 2.44. The SMILES string of the molecule is OC1CCN(Cc2ccc(Cl)cc2Cl)CC1. The van der Waals surface area contributed by atoms with Crippen LogP contribution in [0, 0.1) is 0 Å². The van der Waals surface area contributed by atoms with E-state index in [4.69, 9.17) is 23.2 Å². The highest BCUT2D eigenvalue weighted by molar-refractivity contribution is 6.35. The van der Waals surface area contributed by atoms with Crippen LogP contribution in [-0.4, -0.2) is 29.2 Å². The Labute approximate surface area is 106 Å². The summed E-state index contributed by atoms with van der Waals surface area (Å²) in [6.07, 6.45) is 1.58. The van der Waals surface area contributed by atoms with Crippen LogP contribution >= 0.6 is 23.2 Å². The van der Waals surface area contributed by atoms with Crippen LogP contribution in [-0.2, 0) is 6.54 Å². The van der Waals surface area contributed by atoms with Gasteiger partial charge in [0.25, 0.3) is 0 Å². The first-order valence-corrected chi connectivity index (χ1v) is 6.25. The van der Waals surface area contributed by atoms with Crippen molar-refractivity contribution in [2.75, 3.05) is 13.1 Å². The molecule has 1 fully saturated rings. The number of benzene rings is 1. The minimum absolute atomic E-state index is 0.128. The summed E-state index contributed by atoms with van der Waals surface area (Å²) in [6.45, 7) is 2.70. The van der Waals surface area contributed by atoms with Gasteiger partial charge < -0.3 is 5.11 Å². The number of halogens is 2. The van der Waals surface area contributed by atoms with E-state index in [0.717, 1.165) is 43.1 Å². The smallest absolute Gasteiger partial charge is 0.0564 e. The Bertz CT molecular complexity index is 362. The van der Waals surface area contributed by atoms with E-state index >= 15 is 0 Å². The highest BCUT2D eigenvalue weighted by Crippen LogP contribution is 2.23. The molecule has 1 aliphatic heterocycles. The van der Waals surface area contributed by atoms with Gasteiger partial charge in [-0.15, -0.1) is 0 Å². The summed E-state index contributed by atoms with van der Waals surface area (Å²) in [5.74, 6) is 0. The molecule has 1 heterocycles. The van der Waals surface area contributed by atoms with Crippen molar-refractivity contribution in [3.05, 3.63) is 33.8 Å². The summed E-state index contributed by atoms with van der Waals surface area (Å²) in [4.78, 5) is 2.31. The van der Waals surface area contributed by atoms with Crippen molar-refractivity contribution in [3.8, 4) is 0 Å². The Morgan fingerprint density at radius 2 is 1.94 bits per heavy atom. The third kappa shape index (κ3) is 3.11. The monoisotopic (exact) mass is 259 g/mol. The summed E-state index contributed by atoms with van der Waals surface area (Å²) >= 11 is 12.0. The second-order valence-corrected chi connectivity index (χ2v) is 5.09. The van der Waals surface area contributed by atoms with Crippen LogP contribution in [0.25, 0.3) is 0 Å². The van der Waals surface area contributed by atoms with E-state index in [1.54, 1.807) is 6.07 Å². The molecule has 2 rings (SSSR count). The number of rotatable bonds is 2. The summed E-state index contributed by atoms with van der Waals surface area (Å²) in [5.41, 5.74) is 1.10. The number of likely N-dealkylation sites (tertiary alicyclic amines) is 1. The Hall–Kier alpha value is -0.280. The fraction of sp³-hybridized carbons (Fsp3) is 0.500. The lowest BCUT2D eigenvalue weighted by atomic mass is 10.1. The van der Waals surface area contributed by atoms with Crippen LogP contribution in [0.15, 0.2) is 18.2 Å². The number of aliphatic hydroxyl groups is 1. The van der Waals surface area contributed by atoms with E-state index in [-0.39, 0.29) is 6.10 Å². The van der Waals surface area contributed by atoms with Crippen LogP contribution in [0.2, 0.25) is 10.0 Å². The lowest BCUT2D eigenvalue weighted by Crippen LogP contribution is -2.35. The predicted molar refractivity (Wildman–Crippen MR) is 67.0 cm³/mol. The third-order valence-electron chi connectivity index (χ3n) is 2.97. The van der Waals surface area contributed by atoms with Crippen molar-refractivity contribution < 1.29 is 5.11 Å². The molecule has 1 N–H and O–H groups in total. The second kappa shape index (κ2) is 5.37. The van der Waals surface area contributed by atoms with Gasteiger partial charge in [-0.05, 0) is 30.5 Å². The standard InChI is InChI=1S/C12H15Cl2NO/c13-10-2-1-9(12(14)7-10)8-15-5-3-11(16)4-6-15/h1-2,7,11,16H,3-6,8H2. The van der Waals surface area contributed by atoms with E-state index in [9.17, 15) is 5.11 Å². The quantitative estimate of drug-likeness (QED) is 0.883. The Kier molecular flexibility index (Phi) is 4.09. The van der Waals surface area contributed by atoms with Crippen molar-refractivity contribution in [1.29, 1.82) is 0 Å². The van der Waals surface area contributed by atoms with Gasteiger partial charge >= 0.3 is 0 Å². The normalized spacial score (nSPS) is 18.9. The number of piperidine rings is 1. The van der Waals surface area contributed by atoms with Crippen molar-refractivity contribution >= 4 is 23.2 Å². The van der Waals surface area contributed by atoms with Crippen LogP contribution in [0.4, 0.5) is 0 Å². The minimum Gasteiger partial charge on any atom is -0.393 e. The summed E-state index contributed by atoms with van der Waals surface area (Å²) in [5, 5.41) is 10.8. The topological polar surface area (TPSA) is 23.5 Å². The van der Waals surface area contributed by atoms with Crippen molar-refractivity contribution in [2.24, 2.45) is 0 Å². The van der Waals surface area contributed by atoms with Gasteiger partial charge in [0.1, 0.15) is 0 Å². The first kappa shape index (κ1) is 12.2. The average Bonchev–Trinajstić information content (AvgIpc) is 2.25. The van der Waals surface area contributed by atoms with Crippen LogP contribution in [0.1, 0.15) is 18.4 Å². The Morgan fingerprint density at radius 3 is 2.56 bits per heavy atom. The lowest BCUT2D eigenvalue weighted by Gasteiger charge is -2.29. The molecule has 0 spiro atoms. The molecule has 0 amide bonds. The molecule has 1 aliphatic rings. The molecule has 0 saturated carbocycles. The maximum Gasteiger partial charge on any atom is 0.0564 e. The number of nitrogens with zero attached hydrogens (tertiary/aromatic N) is 1. The summed E-state index contributed by atoms with van der Waals surface area (Å²) in [6, 6.07) is 5.61. The molecular formula is C12H15Cl2NO. The lowest BCUT2D eigenvalue weighted by molar-refractivity contribution is 0.0792. The van der Waals surface area contributed by atoms with Gasteiger partial charge in [0, 0.05) is 29.7 Å². The largest absolute Gasteiger partial charge is 0.393 e. The van der Waals surface area contributed by atoms with Crippen molar-refractivity contribution in [1.82, 2.24) is 4.90 Å². The van der Waals surface area contributed by atoms with Crippen molar-refractivity contribution in [2.45, 2.75) is 25.5 Å². The van der Waals surface area contributed by atoms with Crippen LogP contribution < -0.4 is 0 Å².